The molecule has 0 spiro atoms. The zero-order valence-corrected chi connectivity index (χ0v) is 29.6. The van der Waals surface area contributed by atoms with Gasteiger partial charge in [0.1, 0.15) is 11.5 Å². The molecule has 0 heterocycles. The van der Waals surface area contributed by atoms with Crippen LogP contribution in [0.25, 0.3) is 0 Å². The summed E-state index contributed by atoms with van der Waals surface area (Å²) in [6.45, 7) is 4.52. The number of unbranched alkanes of at least 4 members (excludes halogenated alkanes) is 7. The quantitative estimate of drug-likeness (QED) is 0.0829. The van der Waals surface area contributed by atoms with Crippen LogP contribution < -0.4 is 20.5 Å². The SMILES string of the molecule is CCCCCCCCCC(CCC(CN)NC(=O)c1ccccc1)Oc1ccccc1NS(=O)(=O)CCCC.Oc1ccc(Cl)cc1. The number of amides is 1. The van der Waals surface area contributed by atoms with E-state index in [4.69, 9.17) is 27.2 Å². The highest BCUT2D eigenvalue weighted by Crippen LogP contribution is 2.28. The van der Waals surface area contributed by atoms with Crippen LogP contribution in [0, 0.1) is 0 Å². The van der Waals surface area contributed by atoms with E-state index in [0.717, 1.165) is 25.7 Å². The monoisotopic (exact) mass is 687 g/mol. The number of phenolic OH excluding ortho intramolecular Hbond substituents is 1. The van der Waals surface area contributed by atoms with Gasteiger partial charge in [0, 0.05) is 23.2 Å². The van der Waals surface area contributed by atoms with Gasteiger partial charge < -0.3 is 20.9 Å². The predicted octanol–water partition coefficient (Wildman–Crippen LogP) is 8.70. The van der Waals surface area contributed by atoms with E-state index in [1.54, 1.807) is 48.5 Å². The number of sulfonamides is 1. The number of halogens is 1. The molecule has 0 saturated carbocycles. The van der Waals surface area contributed by atoms with E-state index in [2.05, 4.69) is 17.0 Å². The van der Waals surface area contributed by atoms with E-state index in [-0.39, 0.29) is 29.6 Å². The summed E-state index contributed by atoms with van der Waals surface area (Å²) in [5, 5.41) is 12.4. The van der Waals surface area contributed by atoms with Crippen LogP contribution in [0.4, 0.5) is 5.69 Å². The molecule has 0 bridgehead atoms. The molecule has 47 heavy (non-hydrogen) atoms. The number of phenols is 1. The lowest BCUT2D eigenvalue weighted by Crippen LogP contribution is -2.41. The van der Waals surface area contributed by atoms with Crippen molar-refractivity contribution in [3.05, 3.63) is 89.4 Å². The van der Waals surface area contributed by atoms with Gasteiger partial charge in [0.25, 0.3) is 5.91 Å². The first-order valence-corrected chi connectivity index (χ1v) is 19.0. The van der Waals surface area contributed by atoms with E-state index in [9.17, 15) is 13.2 Å². The van der Waals surface area contributed by atoms with Crippen molar-refractivity contribution in [2.24, 2.45) is 5.73 Å². The molecule has 3 rings (SSSR count). The predicted molar refractivity (Wildman–Crippen MR) is 195 cm³/mol. The topological polar surface area (TPSA) is 131 Å². The third-order valence-electron chi connectivity index (χ3n) is 7.66. The van der Waals surface area contributed by atoms with Crippen molar-refractivity contribution in [1.82, 2.24) is 5.32 Å². The Morgan fingerprint density at radius 2 is 1.43 bits per heavy atom. The van der Waals surface area contributed by atoms with Gasteiger partial charge in [-0.15, -0.1) is 0 Å². The summed E-state index contributed by atoms with van der Waals surface area (Å²) in [6, 6.07) is 22.5. The van der Waals surface area contributed by atoms with Crippen LogP contribution >= 0.6 is 11.6 Å². The minimum atomic E-state index is -3.45. The highest BCUT2D eigenvalue weighted by atomic mass is 35.5. The molecule has 3 aromatic rings. The van der Waals surface area contributed by atoms with Gasteiger partial charge >= 0.3 is 0 Å². The molecule has 10 heteroatoms. The lowest BCUT2D eigenvalue weighted by molar-refractivity contribution is 0.0929. The summed E-state index contributed by atoms with van der Waals surface area (Å²) >= 11 is 5.50. The zero-order chi connectivity index (χ0) is 34.3. The molecule has 2 atom stereocenters. The van der Waals surface area contributed by atoms with Gasteiger partial charge in [-0.3, -0.25) is 9.52 Å². The molecule has 0 radical (unpaired) electrons. The Kier molecular flexibility index (Phi) is 19.6. The molecule has 0 fully saturated rings. The Morgan fingerprint density at radius 1 is 0.809 bits per heavy atom. The molecule has 0 aromatic heterocycles. The van der Waals surface area contributed by atoms with Crippen molar-refractivity contribution in [2.75, 3.05) is 17.0 Å². The Labute approximate surface area is 287 Å². The van der Waals surface area contributed by atoms with Crippen LogP contribution in [0.15, 0.2) is 78.9 Å². The van der Waals surface area contributed by atoms with Crippen LogP contribution in [0.1, 0.15) is 101 Å². The summed E-state index contributed by atoms with van der Waals surface area (Å²) in [6.07, 6.45) is 11.9. The standard InChI is InChI=1S/C31H49N3O4S.C6H5ClO/c1-3-5-7-8-9-10-14-19-28(23-22-27(25-32)33-31(35)26-17-12-11-13-18-26)38-30-21-16-15-20-29(30)34-39(36,37)24-6-4-2;7-5-1-3-6(8)4-2-5/h11-13,15-18,20-21,27-28,34H,3-10,14,19,22-25,32H2,1-2H3,(H,33,35);1-4,8H. The second kappa shape index (κ2) is 23.1. The maximum atomic E-state index is 12.7. The van der Waals surface area contributed by atoms with Crippen LogP contribution in [0.5, 0.6) is 11.5 Å². The number of nitrogens with one attached hydrogen (secondary N) is 2. The number of hydrogen-bond donors (Lipinski definition) is 4. The van der Waals surface area contributed by atoms with E-state index < -0.39 is 10.0 Å². The fraction of sp³-hybridized carbons (Fsp3) is 0.486. The molecule has 0 aliphatic heterocycles. The molecule has 8 nitrogen and oxygen atoms in total. The van der Waals surface area contributed by atoms with Crippen molar-refractivity contribution < 1.29 is 23.1 Å². The number of carbonyl (C=O) groups excluding carboxylic acids is 1. The maximum absolute atomic E-state index is 12.7. The van der Waals surface area contributed by atoms with Gasteiger partial charge in [0.2, 0.25) is 10.0 Å². The molecular weight excluding hydrogens is 634 g/mol. The van der Waals surface area contributed by atoms with E-state index in [0.29, 0.717) is 47.8 Å². The molecular formula is C37H54ClN3O5S. The second-order valence-electron chi connectivity index (χ2n) is 11.7. The normalized spacial score (nSPS) is 12.3. The number of aromatic hydroxyl groups is 1. The Balaban J connectivity index is 0.000000833. The number of ether oxygens (including phenoxy) is 1. The van der Waals surface area contributed by atoms with Crippen molar-refractivity contribution in [1.29, 1.82) is 0 Å². The number of para-hydroxylation sites is 2. The largest absolute Gasteiger partial charge is 0.508 e. The number of hydrogen-bond acceptors (Lipinski definition) is 6. The summed E-state index contributed by atoms with van der Waals surface area (Å²) < 4.78 is 34.3. The van der Waals surface area contributed by atoms with Crippen LogP contribution in [0.2, 0.25) is 5.02 Å². The number of rotatable bonds is 21. The van der Waals surface area contributed by atoms with Crippen molar-refractivity contribution in [3.8, 4) is 11.5 Å². The molecule has 3 aromatic carbocycles. The number of nitrogens with two attached hydrogens (primary N) is 1. The molecule has 0 aliphatic carbocycles. The maximum Gasteiger partial charge on any atom is 0.251 e. The third-order valence-corrected chi connectivity index (χ3v) is 9.27. The van der Waals surface area contributed by atoms with Crippen molar-refractivity contribution >= 4 is 33.2 Å². The highest BCUT2D eigenvalue weighted by Gasteiger charge is 2.19. The first kappa shape index (κ1) is 39.9. The van der Waals surface area contributed by atoms with E-state index in [1.807, 2.05) is 37.3 Å². The lowest BCUT2D eigenvalue weighted by Gasteiger charge is -2.24. The van der Waals surface area contributed by atoms with Crippen LogP contribution in [-0.4, -0.2) is 43.9 Å². The Hall–Kier alpha value is -3.27. The molecule has 0 aliphatic rings. The van der Waals surface area contributed by atoms with Gasteiger partial charge in [-0.05, 0) is 80.6 Å². The highest BCUT2D eigenvalue weighted by molar-refractivity contribution is 7.92. The van der Waals surface area contributed by atoms with Crippen LogP contribution in [0.3, 0.4) is 0 Å². The lowest BCUT2D eigenvalue weighted by atomic mass is 10.0. The average molecular weight is 688 g/mol. The minimum Gasteiger partial charge on any atom is -0.508 e. The summed E-state index contributed by atoms with van der Waals surface area (Å²) in [5.74, 6) is 0.721. The second-order valence-corrected chi connectivity index (χ2v) is 14.0. The van der Waals surface area contributed by atoms with Gasteiger partial charge in [-0.25, -0.2) is 8.42 Å². The average Bonchev–Trinajstić information content (AvgIpc) is 3.07. The smallest absolute Gasteiger partial charge is 0.251 e. The van der Waals surface area contributed by atoms with Crippen molar-refractivity contribution in [3.63, 3.8) is 0 Å². The van der Waals surface area contributed by atoms with Crippen LogP contribution in [-0.2, 0) is 10.0 Å². The molecule has 5 N–H and O–H groups in total. The van der Waals surface area contributed by atoms with E-state index >= 15 is 0 Å². The Morgan fingerprint density at radius 3 is 2.06 bits per heavy atom. The van der Waals surface area contributed by atoms with Crippen molar-refractivity contribution in [2.45, 2.75) is 103 Å². The number of anilines is 1. The third kappa shape index (κ3) is 17.5. The zero-order valence-electron chi connectivity index (χ0n) is 28.0. The summed E-state index contributed by atoms with van der Waals surface area (Å²) in [7, 11) is -3.45. The molecule has 260 valence electrons. The number of carbonyl (C=O) groups is 1. The minimum absolute atomic E-state index is 0.0819. The molecule has 2 unspecified atom stereocenters. The van der Waals surface area contributed by atoms with Gasteiger partial charge in [0.15, 0.2) is 0 Å². The molecule has 0 saturated heterocycles. The first-order chi connectivity index (χ1) is 22.7. The fourth-order valence-corrected chi connectivity index (χ4v) is 6.31. The van der Waals surface area contributed by atoms with Gasteiger partial charge in [-0.1, -0.05) is 101 Å². The Bertz CT molecular complexity index is 1350. The molecule has 1 amide bonds. The summed E-state index contributed by atoms with van der Waals surface area (Å²) in [5.41, 5.74) is 7.09. The summed E-state index contributed by atoms with van der Waals surface area (Å²) in [4.78, 5) is 12.7. The first-order valence-electron chi connectivity index (χ1n) is 16.9. The van der Waals surface area contributed by atoms with Gasteiger partial charge in [-0.2, -0.15) is 0 Å². The van der Waals surface area contributed by atoms with Gasteiger partial charge in [0.05, 0.1) is 17.5 Å². The fourth-order valence-electron chi connectivity index (χ4n) is 4.91. The number of benzene rings is 3. The van der Waals surface area contributed by atoms with E-state index in [1.165, 1.54) is 32.1 Å².